The van der Waals surface area contributed by atoms with Crippen molar-refractivity contribution in [2.45, 2.75) is 12.8 Å². The fourth-order valence-electron chi connectivity index (χ4n) is 2.64. The van der Waals surface area contributed by atoms with Crippen LogP contribution in [0.15, 0.2) is 53.6 Å². The second-order valence-corrected chi connectivity index (χ2v) is 5.50. The van der Waals surface area contributed by atoms with Gasteiger partial charge in [0.05, 0.1) is 11.8 Å². The number of phenolic OH excluding ortho intramolecular Hbond substituents is 1. The molecule has 0 saturated carbocycles. The number of hydrogen-bond acceptors (Lipinski definition) is 4. The van der Waals surface area contributed by atoms with E-state index in [0.717, 1.165) is 18.7 Å². The van der Waals surface area contributed by atoms with Crippen LogP contribution in [0.5, 0.6) is 5.75 Å². The van der Waals surface area contributed by atoms with E-state index in [1.54, 1.807) is 24.4 Å². The molecule has 2 aromatic rings. The molecule has 2 N–H and O–H groups in total. The summed E-state index contributed by atoms with van der Waals surface area (Å²) in [6, 6.07) is 14.5. The van der Waals surface area contributed by atoms with Gasteiger partial charge in [0.2, 0.25) is 0 Å². The molecule has 1 fully saturated rings. The maximum absolute atomic E-state index is 11.9. The minimum Gasteiger partial charge on any atom is -0.507 e. The molecule has 1 saturated heterocycles. The van der Waals surface area contributed by atoms with Gasteiger partial charge >= 0.3 is 0 Å². The molecule has 118 valence electrons. The Kier molecular flexibility index (Phi) is 4.57. The van der Waals surface area contributed by atoms with E-state index >= 15 is 0 Å². The van der Waals surface area contributed by atoms with Crippen LogP contribution < -0.4 is 10.3 Å². The Labute approximate surface area is 135 Å². The van der Waals surface area contributed by atoms with Crippen LogP contribution in [-0.2, 0) is 0 Å². The summed E-state index contributed by atoms with van der Waals surface area (Å²) in [5, 5.41) is 13.6. The van der Waals surface area contributed by atoms with Crippen molar-refractivity contribution in [3.63, 3.8) is 0 Å². The van der Waals surface area contributed by atoms with Crippen LogP contribution in [0, 0.1) is 0 Å². The van der Waals surface area contributed by atoms with Crippen LogP contribution >= 0.6 is 0 Å². The third kappa shape index (κ3) is 3.69. The van der Waals surface area contributed by atoms with Gasteiger partial charge in [0.25, 0.3) is 5.91 Å². The van der Waals surface area contributed by atoms with Gasteiger partial charge in [-0.1, -0.05) is 24.3 Å². The molecule has 2 aromatic carbocycles. The fraction of sp³-hybridized carbons (Fsp3) is 0.222. The average Bonchev–Trinajstić information content (AvgIpc) is 3.10. The molecule has 0 aromatic heterocycles. The van der Waals surface area contributed by atoms with Crippen molar-refractivity contribution in [2.24, 2.45) is 5.10 Å². The Morgan fingerprint density at radius 3 is 2.48 bits per heavy atom. The molecule has 3 rings (SSSR count). The van der Waals surface area contributed by atoms with E-state index in [2.05, 4.69) is 27.6 Å². The zero-order valence-corrected chi connectivity index (χ0v) is 12.8. The number of carbonyl (C=O) groups excluding carboxylic acids is 1. The van der Waals surface area contributed by atoms with Gasteiger partial charge in [0, 0.05) is 18.8 Å². The average molecular weight is 309 g/mol. The highest BCUT2D eigenvalue weighted by Gasteiger charge is 2.11. The Balaban J connectivity index is 1.59. The number of anilines is 1. The third-order valence-electron chi connectivity index (χ3n) is 3.89. The Morgan fingerprint density at radius 1 is 1.09 bits per heavy atom. The number of amides is 1. The molecule has 0 radical (unpaired) electrons. The molecule has 5 nitrogen and oxygen atoms in total. The predicted octanol–water partition coefficient (Wildman–Crippen LogP) is 2.76. The highest BCUT2D eigenvalue weighted by molar-refractivity contribution is 5.97. The van der Waals surface area contributed by atoms with Crippen molar-refractivity contribution >= 4 is 17.8 Å². The number of para-hydroxylation sites is 1. The maximum atomic E-state index is 11.9. The fourth-order valence-corrected chi connectivity index (χ4v) is 2.64. The molecule has 1 aliphatic rings. The van der Waals surface area contributed by atoms with Crippen LogP contribution in [0.3, 0.4) is 0 Å². The Bertz CT molecular complexity index is 704. The van der Waals surface area contributed by atoms with Gasteiger partial charge in [-0.2, -0.15) is 5.10 Å². The molecule has 1 aliphatic heterocycles. The minimum absolute atomic E-state index is 0.0600. The molecule has 0 aliphatic carbocycles. The SMILES string of the molecule is O=C(N/N=C/c1ccc(N2CCCC2)cc1)c1ccccc1O. The molecule has 5 heteroatoms. The first-order chi connectivity index (χ1) is 11.2. The van der Waals surface area contributed by atoms with Gasteiger partial charge in [-0.15, -0.1) is 0 Å². The molecular weight excluding hydrogens is 290 g/mol. The summed E-state index contributed by atoms with van der Waals surface area (Å²) in [5.74, 6) is -0.497. The maximum Gasteiger partial charge on any atom is 0.275 e. The first-order valence-corrected chi connectivity index (χ1v) is 7.70. The van der Waals surface area contributed by atoms with Crippen molar-refractivity contribution in [3.8, 4) is 5.75 Å². The van der Waals surface area contributed by atoms with Crippen LogP contribution in [0.4, 0.5) is 5.69 Å². The zero-order chi connectivity index (χ0) is 16.1. The first-order valence-electron chi connectivity index (χ1n) is 7.70. The molecule has 0 spiro atoms. The minimum atomic E-state index is -0.437. The largest absolute Gasteiger partial charge is 0.507 e. The van der Waals surface area contributed by atoms with Crippen LogP contribution in [0.1, 0.15) is 28.8 Å². The summed E-state index contributed by atoms with van der Waals surface area (Å²) in [7, 11) is 0. The zero-order valence-electron chi connectivity index (χ0n) is 12.8. The van der Waals surface area contributed by atoms with Gasteiger partial charge in [-0.3, -0.25) is 4.79 Å². The smallest absolute Gasteiger partial charge is 0.275 e. The highest BCUT2D eigenvalue weighted by Crippen LogP contribution is 2.20. The van der Waals surface area contributed by atoms with E-state index in [1.807, 2.05) is 12.1 Å². The second-order valence-electron chi connectivity index (χ2n) is 5.50. The quantitative estimate of drug-likeness (QED) is 0.674. The van der Waals surface area contributed by atoms with Crippen molar-refractivity contribution in [3.05, 3.63) is 59.7 Å². The molecule has 1 heterocycles. The normalized spacial score (nSPS) is 14.3. The van der Waals surface area contributed by atoms with Gasteiger partial charge in [0.1, 0.15) is 5.75 Å². The van der Waals surface area contributed by atoms with Gasteiger partial charge < -0.3 is 10.0 Å². The monoisotopic (exact) mass is 309 g/mol. The number of aromatic hydroxyl groups is 1. The molecule has 0 atom stereocenters. The molecule has 0 unspecified atom stereocenters. The summed E-state index contributed by atoms with van der Waals surface area (Å²) in [4.78, 5) is 14.3. The van der Waals surface area contributed by atoms with Gasteiger partial charge in [0.15, 0.2) is 0 Å². The molecular formula is C18H19N3O2. The predicted molar refractivity (Wildman–Crippen MR) is 91.1 cm³/mol. The number of nitrogens with zero attached hydrogens (tertiary/aromatic N) is 2. The van der Waals surface area contributed by atoms with Gasteiger partial charge in [-0.25, -0.2) is 5.43 Å². The highest BCUT2D eigenvalue weighted by atomic mass is 16.3. The van der Waals surface area contributed by atoms with Crippen molar-refractivity contribution in [1.29, 1.82) is 0 Å². The van der Waals surface area contributed by atoms with E-state index < -0.39 is 5.91 Å². The third-order valence-corrected chi connectivity index (χ3v) is 3.89. The van der Waals surface area contributed by atoms with Crippen molar-refractivity contribution < 1.29 is 9.90 Å². The molecule has 23 heavy (non-hydrogen) atoms. The summed E-state index contributed by atoms with van der Waals surface area (Å²) in [6.07, 6.45) is 4.09. The lowest BCUT2D eigenvalue weighted by Gasteiger charge is -2.17. The molecule has 0 bridgehead atoms. The topological polar surface area (TPSA) is 64.9 Å². The van der Waals surface area contributed by atoms with E-state index in [1.165, 1.54) is 24.6 Å². The van der Waals surface area contributed by atoms with Gasteiger partial charge in [-0.05, 0) is 42.7 Å². The summed E-state index contributed by atoms with van der Waals surface area (Å²) < 4.78 is 0. The number of phenols is 1. The van der Waals surface area contributed by atoms with Crippen LogP contribution in [-0.4, -0.2) is 30.3 Å². The Hall–Kier alpha value is -2.82. The van der Waals surface area contributed by atoms with E-state index in [-0.39, 0.29) is 11.3 Å². The van der Waals surface area contributed by atoms with E-state index in [9.17, 15) is 9.90 Å². The van der Waals surface area contributed by atoms with Crippen molar-refractivity contribution in [1.82, 2.24) is 5.43 Å². The lowest BCUT2D eigenvalue weighted by molar-refractivity contribution is 0.0952. The Morgan fingerprint density at radius 2 is 1.78 bits per heavy atom. The number of rotatable bonds is 4. The number of hydrogen-bond donors (Lipinski definition) is 2. The van der Waals surface area contributed by atoms with E-state index in [0.29, 0.717) is 0 Å². The first kappa shape index (κ1) is 15.1. The number of hydrazone groups is 1. The standard InChI is InChI=1S/C18H19N3O2/c22-17-6-2-1-5-16(17)18(23)20-19-13-14-7-9-15(10-8-14)21-11-3-4-12-21/h1-2,5-10,13,22H,3-4,11-12H2,(H,20,23)/b19-13+. The lowest BCUT2D eigenvalue weighted by atomic mass is 10.2. The summed E-state index contributed by atoms with van der Waals surface area (Å²) in [5.41, 5.74) is 4.75. The lowest BCUT2D eigenvalue weighted by Crippen LogP contribution is -2.18. The second kappa shape index (κ2) is 6.96. The van der Waals surface area contributed by atoms with Crippen LogP contribution in [0.25, 0.3) is 0 Å². The summed E-state index contributed by atoms with van der Waals surface area (Å²) in [6.45, 7) is 2.23. The summed E-state index contributed by atoms with van der Waals surface area (Å²) >= 11 is 0. The number of carbonyl (C=O) groups is 1. The van der Waals surface area contributed by atoms with Crippen molar-refractivity contribution in [2.75, 3.05) is 18.0 Å². The van der Waals surface area contributed by atoms with E-state index in [4.69, 9.17) is 0 Å². The number of benzene rings is 2. The number of nitrogens with one attached hydrogen (secondary N) is 1. The van der Waals surface area contributed by atoms with Crippen LogP contribution in [0.2, 0.25) is 0 Å². The molecule has 1 amide bonds.